The predicted octanol–water partition coefficient (Wildman–Crippen LogP) is 2.09. The molecule has 0 bridgehead atoms. The minimum atomic E-state index is -0.534. The first-order valence-corrected chi connectivity index (χ1v) is 6.62. The molecule has 0 aliphatic heterocycles. The third-order valence-corrected chi connectivity index (χ3v) is 3.37. The molecule has 3 atom stereocenters. The molecule has 102 valence electrons. The maximum Gasteiger partial charge on any atom is 0.0942 e. The first-order chi connectivity index (χ1) is 8.45. The molecule has 0 heterocycles. The van der Waals surface area contributed by atoms with Gasteiger partial charge in [-0.15, -0.1) is 0 Å². The predicted molar refractivity (Wildman–Crippen MR) is 74.6 cm³/mol. The molecule has 0 aliphatic carbocycles. The van der Waals surface area contributed by atoms with Gasteiger partial charge >= 0.3 is 0 Å². The van der Waals surface area contributed by atoms with Crippen LogP contribution in [0.25, 0.3) is 0 Å². The van der Waals surface area contributed by atoms with Crippen molar-refractivity contribution >= 4 is 0 Å². The molecule has 0 aromatic heterocycles. The standard InChI is InChI=1S/C15H25NO2/c1-5-14(16-9-12(4)17)15(18)13-7-6-10(2)11(3)8-13/h6-8,12,14-18H,5,9H2,1-4H3. The van der Waals surface area contributed by atoms with Crippen LogP contribution in [0.3, 0.4) is 0 Å². The van der Waals surface area contributed by atoms with E-state index >= 15 is 0 Å². The van der Waals surface area contributed by atoms with Gasteiger partial charge in [-0.05, 0) is 43.9 Å². The topological polar surface area (TPSA) is 52.5 Å². The second kappa shape index (κ2) is 6.88. The number of benzene rings is 1. The number of rotatable bonds is 6. The highest BCUT2D eigenvalue weighted by Gasteiger charge is 2.19. The molecule has 3 N–H and O–H groups in total. The second-order valence-electron chi connectivity index (χ2n) is 5.06. The summed E-state index contributed by atoms with van der Waals surface area (Å²) in [5.74, 6) is 0. The van der Waals surface area contributed by atoms with Crippen molar-refractivity contribution in [2.45, 2.75) is 52.4 Å². The van der Waals surface area contributed by atoms with Gasteiger partial charge in [0.2, 0.25) is 0 Å². The Morgan fingerprint density at radius 2 is 1.83 bits per heavy atom. The second-order valence-corrected chi connectivity index (χ2v) is 5.06. The lowest BCUT2D eigenvalue weighted by atomic mass is 9.97. The van der Waals surface area contributed by atoms with Gasteiger partial charge in [0, 0.05) is 12.6 Å². The fourth-order valence-corrected chi connectivity index (χ4v) is 1.98. The van der Waals surface area contributed by atoms with Crippen molar-refractivity contribution in [2.75, 3.05) is 6.54 Å². The van der Waals surface area contributed by atoms with Crippen molar-refractivity contribution in [3.63, 3.8) is 0 Å². The molecule has 0 amide bonds. The van der Waals surface area contributed by atoms with E-state index in [0.29, 0.717) is 6.54 Å². The Hall–Kier alpha value is -0.900. The van der Waals surface area contributed by atoms with E-state index in [1.165, 1.54) is 11.1 Å². The lowest BCUT2D eigenvalue weighted by molar-refractivity contribution is 0.112. The number of hydrogen-bond donors (Lipinski definition) is 3. The highest BCUT2D eigenvalue weighted by molar-refractivity contribution is 5.31. The number of aliphatic hydroxyl groups is 2. The molecule has 0 saturated carbocycles. The van der Waals surface area contributed by atoms with Crippen LogP contribution in [-0.4, -0.2) is 28.9 Å². The van der Waals surface area contributed by atoms with Gasteiger partial charge < -0.3 is 15.5 Å². The van der Waals surface area contributed by atoms with Gasteiger partial charge in [-0.3, -0.25) is 0 Å². The van der Waals surface area contributed by atoms with Crippen LogP contribution in [0.2, 0.25) is 0 Å². The zero-order chi connectivity index (χ0) is 13.7. The molecular formula is C15H25NO2. The minimum absolute atomic E-state index is 0.0262. The van der Waals surface area contributed by atoms with Crippen molar-refractivity contribution in [1.82, 2.24) is 5.32 Å². The fourth-order valence-electron chi connectivity index (χ4n) is 1.98. The molecule has 1 aromatic rings. The largest absolute Gasteiger partial charge is 0.392 e. The number of hydrogen-bond acceptors (Lipinski definition) is 3. The third kappa shape index (κ3) is 4.09. The normalized spacial score (nSPS) is 16.3. The number of aryl methyl sites for hydroxylation is 2. The van der Waals surface area contributed by atoms with E-state index < -0.39 is 12.2 Å². The van der Waals surface area contributed by atoms with Crippen molar-refractivity contribution in [3.05, 3.63) is 34.9 Å². The van der Waals surface area contributed by atoms with E-state index in [2.05, 4.69) is 19.2 Å². The monoisotopic (exact) mass is 251 g/mol. The summed E-state index contributed by atoms with van der Waals surface area (Å²) in [6, 6.07) is 6.02. The Bertz CT molecular complexity index is 377. The summed E-state index contributed by atoms with van der Waals surface area (Å²) >= 11 is 0. The Morgan fingerprint density at radius 3 is 2.33 bits per heavy atom. The minimum Gasteiger partial charge on any atom is -0.392 e. The molecule has 3 nitrogen and oxygen atoms in total. The molecule has 0 saturated heterocycles. The lowest BCUT2D eigenvalue weighted by Crippen LogP contribution is -2.38. The summed E-state index contributed by atoms with van der Waals surface area (Å²) < 4.78 is 0. The van der Waals surface area contributed by atoms with E-state index in [1.807, 2.05) is 25.1 Å². The highest BCUT2D eigenvalue weighted by Crippen LogP contribution is 2.21. The summed E-state index contributed by atoms with van der Waals surface area (Å²) in [6.07, 6.45) is -0.111. The molecule has 18 heavy (non-hydrogen) atoms. The van der Waals surface area contributed by atoms with Gasteiger partial charge in [-0.1, -0.05) is 25.1 Å². The van der Waals surface area contributed by atoms with Gasteiger partial charge in [0.15, 0.2) is 0 Å². The summed E-state index contributed by atoms with van der Waals surface area (Å²) in [5.41, 5.74) is 3.36. The van der Waals surface area contributed by atoms with Crippen LogP contribution in [0.4, 0.5) is 0 Å². The van der Waals surface area contributed by atoms with E-state index in [1.54, 1.807) is 6.92 Å². The fraction of sp³-hybridized carbons (Fsp3) is 0.600. The van der Waals surface area contributed by atoms with E-state index in [-0.39, 0.29) is 6.04 Å². The Kier molecular flexibility index (Phi) is 5.79. The maximum absolute atomic E-state index is 10.4. The summed E-state index contributed by atoms with van der Waals surface area (Å²) in [5, 5.41) is 22.9. The van der Waals surface area contributed by atoms with Crippen LogP contribution in [0, 0.1) is 13.8 Å². The molecular weight excluding hydrogens is 226 g/mol. The Balaban J connectivity index is 2.76. The first kappa shape index (κ1) is 15.2. The quantitative estimate of drug-likeness (QED) is 0.725. The Morgan fingerprint density at radius 1 is 1.17 bits per heavy atom. The summed E-state index contributed by atoms with van der Waals surface area (Å²) in [4.78, 5) is 0. The van der Waals surface area contributed by atoms with Crippen molar-refractivity contribution in [3.8, 4) is 0 Å². The van der Waals surface area contributed by atoms with Gasteiger partial charge in [-0.25, -0.2) is 0 Å². The Labute approximate surface area is 110 Å². The maximum atomic E-state index is 10.4. The average molecular weight is 251 g/mol. The zero-order valence-corrected chi connectivity index (χ0v) is 11.8. The van der Waals surface area contributed by atoms with Crippen molar-refractivity contribution in [2.24, 2.45) is 0 Å². The molecule has 0 fully saturated rings. The molecule has 1 aromatic carbocycles. The number of nitrogens with one attached hydrogen (secondary N) is 1. The van der Waals surface area contributed by atoms with E-state index in [4.69, 9.17) is 0 Å². The number of aliphatic hydroxyl groups excluding tert-OH is 2. The van der Waals surface area contributed by atoms with Crippen molar-refractivity contribution in [1.29, 1.82) is 0 Å². The molecule has 3 unspecified atom stereocenters. The highest BCUT2D eigenvalue weighted by atomic mass is 16.3. The van der Waals surface area contributed by atoms with Crippen molar-refractivity contribution < 1.29 is 10.2 Å². The molecule has 0 radical (unpaired) electrons. The van der Waals surface area contributed by atoms with Crippen LogP contribution >= 0.6 is 0 Å². The van der Waals surface area contributed by atoms with Gasteiger partial charge in [-0.2, -0.15) is 0 Å². The zero-order valence-electron chi connectivity index (χ0n) is 11.8. The first-order valence-electron chi connectivity index (χ1n) is 6.62. The SMILES string of the molecule is CCC(NCC(C)O)C(O)c1ccc(C)c(C)c1. The lowest BCUT2D eigenvalue weighted by Gasteiger charge is -2.24. The summed E-state index contributed by atoms with van der Waals surface area (Å²) in [6.45, 7) is 8.39. The average Bonchev–Trinajstić information content (AvgIpc) is 2.32. The van der Waals surface area contributed by atoms with E-state index in [0.717, 1.165) is 12.0 Å². The van der Waals surface area contributed by atoms with Crippen LogP contribution in [0.15, 0.2) is 18.2 Å². The third-order valence-electron chi connectivity index (χ3n) is 3.37. The van der Waals surface area contributed by atoms with Gasteiger partial charge in [0.05, 0.1) is 12.2 Å². The van der Waals surface area contributed by atoms with Crippen LogP contribution < -0.4 is 5.32 Å². The molecule has 3 heteroatoms. The smallest absolute Gasteiger partial charge is 0.0942 e. The molecule has 1 rings (SSSR count). The van der Waals surface area contributed by atoms with Gasteiger partial charge in [0.25, 0.3) is 0 Å². The summed E-state index contributed by atoms with van der Waals surface area (Å²) in [7, 11) is 0. The van der Waals surface area contributed by atoms with E-state index in [9.17, 15) is 10.2 Å². The molecule has 0 spiro atoms. The van der Waals surface area contributed by atoms with Gasteiger partial charge in [0.1, 0.15) is 0 Å². The molecule has 0 aliphatic rings. The van der Waals surface area contributed by atoms with Crippen LogP contribution in [-0.2, 0) is 0 Å². The van der Waals surface area contributed by atoms with Crippen LogP contribution in [0.1, 0.15) is 43.1 Å². The van der Waals surface area contributed by atoms with Crippen LogP contribution in [0.5, 0.6) is 0 Å².